The second-order valence-corrected chi connectivity index (χ2v) is 2.14. The van der Waals surface area contributed by atoms with Gasteiger partial charge >= 0.3 is 0 Å². The standard InChI is InChI=1S/C6H9N3/c7-9-8-5-6-3-1-2-4-6/h3H,1-2,4-5H2. The smallest absolute Gasteiger partial charge is 0.0470 e. The summed E-state index contributed by atoms with van der Waals surface area (Å²) in [5.74, 6) is 0. The van der Waals surface area contributed by atoms with Crippen LogP contribution in [0.25, 0.3) is 10.4 Å². The first kappa shape index (κ1) is 6.17. The molecule has 3 heteroatoms. The minimum atomic E-state index is 0.580. The van der Waals surface area contributed by atoms with Gasteiger partial charge in [-0.25, -0.2) is 0 Å². The van der Waals surface area contributed by atoms with Crippen molar-refractivity contribution >= 4 is 0 Å². The van der Waals surface area contributed by atoms with Crippen molar-refractivity contribution in [2.45, 2.75) is 19.3 Å². The van der Waals surface area contributed by atoms with E-state index in [1.165, 1.54) is 12.0 Å². The SMILES string of the molecule is [N-]=[N+]=NCC1=CCCC1. The Hall–Kier alpha value is -0.950. The molecular weight excluding hydrogens is 114 g/mol. The van der Waals surface area contributed by atoms with E-state index in [0.717, 1.165) is 12.8 Å². The average molecular weight is 123 g/mol. The van der Waals surface area contributed by atoms with Crippen LogP contribution in [0.5, 0.6) is 0 Å². The number of hydrogen-bond donors (Lipinski definition) is 0. The molecule has 0 aliphatic heterocycles. The van der Waals surface area contributed by atoms with Crippen molar-refractivity contribution in [2.24, 2.45) is 5.11 Å². The van der Waals surface area contributed by atoms with Crippen LogP contribution in [0, 0.1) is 0 Å². The lowest BCUT2D eigenvalue weighted by Gasteiger charge is -1.89. The van der Waals surface area contributed by atoms with Crippen LogP contribution in [-0.4, -0.2) is 6.54 Å². The zero-order valence-corrected chi connectivity index (χ0v) is 5.25. The second kappa shape index (κ2) is 3.15. The largest absolute Gasteiger partial charge is 0.0896 e. The average Bonchev–Trinajstić information content (AvgIpc) is 2.34. The Morgan fingerprint density at radius 2 is 2.67 bits per heavy atom. The third kappa shape index (κ3) is 1.78. The van der Waals surface area contributed by atoms with Crippen molar-refractivity contribution in [1.82, 2.24) is 0 Å². The number of nitrogens with zero attached hydrogens (tertiary/aromatic N) is 3. The van der Waals surface area contributed by atoms with Gasteiger partial charge in [0.15, 0.2) is 0 Å². The molecule has 0 saturated carbocycles. The first-order chi connectivity index (χ1) is 4.43. The minimum absolute atomic E-state index is 0.580. The molecule has 48 valence electrons. The highest BCUT2D eigenvalue weighted by molar-refractivity contribution is 5.08. The molecule has 0 aromatic carbocycles. The topological polar surface area (TPSA) is 48.8 Å². The summed E-state index contributed by atoms with van der Waals surface area (Å²) >= 11 is 0. The van der Waals surface area contributed by atoms with Gasteiger partial charge < -0.3 is 0 Å². The molecule has 1 aliphatic carbocycles. The van der Waals surface area contributed by atoms with Gasteiger partial charge in [-0.2, -0.15) is 0 Å². The van der Waals surface area contributed by atoms with Crippen molar-refractivity contribution in [3.63, 3.8) is 0 Å². The van der Waals surface area contributed by atoms with E-state index >= 15 is 0 Å². The Balaban J connectivity index is 2.34. The number of hydrogen-bond acceptors (Lipinski definition) is 1. The quantitative estimate of drug-likeness (QED) is 0.234. The van der Waals surface area contributed by atoms with Crippen LogP contribution in [0.4, 0.5) is 0 Å². The molecule has 0 spiro atoms. The molecule has 0 aromatic rings. The Morgan fingerprint density at radius 3 is 3.22 bits per heavy atom. The first-order valence-corrected chi connectivity index (χ1v) is 3.12. The van der Waals surface area contributed by atoms with Crippen LogP contribution in [0.2, 0.25) is 0 Å². The highest BCUT2D eigenvalue weighted by Gasteiger charge is 2.01. The minimum Gasteiger partial charge on any atom is -0.0896 e. The Bertz CT molecular complexity index is 165. The summed E-state index contributed by atoms with van der Waals surface area (Å²) in [5.41, 5.74) is 9.26. The van der Waals surface area contributed by atoms with Crippen molar-refractivity contribution in [3.05, 3.63) is 22.1 Å². The van der Waals surface area contributed by atoms with Gasteiger partial charge in [-0.15, -0.1) is 0 Å². The maximum Gasteiger partial charge on any atom is 0.0470 e. The van der Waals surface area contributed by atoms with E-state index in [0.29, 0.717) is 6.54 Å². The van der Waals surface area contributed by atoms with E-state index in [-0.39, 0.29) is 0 Å². The van der Waals surface area contributed by atoms with E-state index < -0.39 is 0 Å². The number of allylic oxidation sites excluding steroid dienone is 1. The predicted octanol–water partition coefficient (Wildman–Crippen LogP) is 2.41. The zero-order chi connectivity index (χ0) is 6.53. The summed E-state index contributed by atoms with van der Waals surface area (Å²) in [5, 5.41) is 3.47. The summed E-state index contributed by atoms with van der Waals surface area (Å²) in [6, 6.07) is 0. The second-order valence-electron chi connectivity index (χ2n) is 2.14. The van der Waals surface area contributed by atoms with Gasteiger partial charge in [0, 0.05) is 11.5 Å². The molecular formula is C6H9N3. The molecule has 0 aromatic heterocycles. The first-order valence-electron chi connectivity index (χ1n) is 3.12. The molecule has 0 unspecified atom stereocenters. The lowest BCUT2D eigenvalue weighted by molar-refractivity contribution is 0.888. The molecule has 0 fully saturated rings. The normalized spacial score (nSPS) is 16.7. The van der Waals surface area contributed by atoms with Gasteiger partial charge in [0.25, 0.3) is 0 Å². The summed E-state index contributed by atoms with van der Waals surface area (Å²) in [7, 11) is 0. The molecule has 0 bridgehead atoms. The fourth-order valence-electron chi connectivity index (χ4n) is 1.00. The highest BCUT2D eigenvalue weighted by Crippen LogP contribution is 2.17. The molecule has 1 aliphatic rings. The highest BCUT2D eigenvalue weighted by atomic mass is 15.1. The van der Waals surface area contributed by atoms with Crippen molar-refractivity contribution in [2.75, 3.05) is 6.54 Å². The molecule has 0 heterocycles. The summed E-state index contributed by atoms with van der Waals surface area (Å²) in [4.78, 5) is 2.68. The van der Waals surface area contributed by atoms with Gasteiger partial charge in [-0.05, 0) is 24.8 Å². The van der Waals surface area contributed by atoms with Crippen LogP contribution in [-0.2, 0) is 0 Å². The van der Waals surface area contributed by atoms with Crippen molar-refractivity contribution in [3.8, 4) is 0 Å². The Kier molecular flexibility index (Phi) is 2.16. The number of azide groups is 1. The Labute approximate surface area is 54.0 Å². The van der Waals surface area contributed by atoms with Crippen LogP contribution < -0.4 is 0 Å². The maximum atomic E-state index is 7.96. The Morgan fingerprint density at radius 1 is 1.78 bits per heavy atom. The monoisotopic (exact) mass is 123 g/mol. The van der Waals surface area contributed by atoms with Gasteiger partial charge in [0.05, 0.1) is 0 Å². The number of rotatable bonds is 2. The molecule has 0 amide bonds. The van der Waals surface area contributed by atoms with Crippen molar-refractivity contribution < 1.29 is 0 Å². The lowest BCUT2D eigenvalue weighted by atomic mass is 10.2. The van der Waals surface area contributed by atoms with Gasteiger partial charge in [0.2, 0.25) is 0 Å². The molecule has 0 N–H and O–H groups in total. The van der Waals surface area contributed by atoms with E-state index in [1.54, 1.807) is 0 Å². The van der Waals surface area contributed by atoms with Gasteiger partial charge in [0.1, 0.15) is 0 Å². The van der Waals surface area contributed by atoms with E-state index in [2.05, 4.69) is 16.1 Å². The summed E-state index contributed by atoms with van der Waals surface area (Å²) < 4.78 is 0. The molecule has 0 atom stereocenters. The van der Waals surface area contributed by atoms with E-state index in [9.17, 15) is 0 Å². The van der Waals surface area contributed by atoms with Crippen molar-refractivity contribution in [1.29, 1.82) is 0 Å². The summed E-state index contributed by atoms with van der Waals surface area (Å²) in [6.45, 7) is 0.580. The van der Waals surface area contributed by atoms with E-state index in [1.807, 2.05) is 0 Å². The van der Waals surface area contributed by atoms with Crippen LogP contribution >= 0.6 is 0 Å². The maximum absolute atomic E-state index is 7.96. The van der Waals surface area contributed by atoms with E-state index in [4.69, 9.17) is 5.53 Å². The fraction of sp³-hybridized carbons (Fsp3) is 0.667. The fourth-order valence-corrected chi connectivity index (χ4v) is 1.00. The van der Waals surface area contributed by atoms with Gasteiger partial charge in [-0.3, -0.25) is 0 Å². The van der Waals surface area contributed by atoms with Crippen LogP contribution in [0.15, 0.2) is 16.8 Å². The molecule has 1 rings (SSSR count). The summed E-state index contributed by atoms with van der Waals surface area (Å²) in [6.07, 6.45) is 5.68. The predicted molar refractivity (Wildman–Crippen MR) is 35.9 cm³/mol. The third-order valence-corrected chi connectivity index (χ3v) is 1.47. The molecule has 3 nitrogen and oxygen atoms in total. The molecule has 9 heavy (non-hydrogen) atoms. The van der Waals surface area contributed by atoms with Gasteiger partial charge in [-0.1, -0.05) is 16.8 Å². The third-order valence-electron chi connectivity index (χ3n) is 1.47. The molecule has 0 radical (unpaired) electrons. The zero-order valence-electron chi connectivity index (χ0n) is 5.25. The van der Waals surface area contributed by atoms with Crippen LogP contribution in [0.3, 0.4) is 0 Å². The van der Waals surface area contributed by atoms with Crippen LogP contribution in [0.1, 0.15) is 19.3 Å². The molecule has 0 saturated heterocycles. The lowest BCUT2D eigenvalue weighted by Crippen LogP contribution is -1.80.